The van der Waals surface area contributed by atoms with Crippen molar-refractivity contribution in [3.8, 4) is 0 Å². The van der Waals surface area contributed by atoms with Gasteiger partial charge in [-0.25, -0.2) is 0 Å². The van der Waals surface area contributed by atoms with E-state index in [4.69, 9.17) is 21.7 Å². The van der Waals surface area contributed by atoms with Crippen molar-refractivity contribution in [1.82, 2.24) is 0 Å². The zero-order valence-electron chi connectivity index (χ0n) is 7.81. The molecule has 0 bridgehead atoms. The molecule has 0 saturated heterocycles. The van der Waals surface area contributed by atoms with Gasteiger partial charge in [-0.2, -0.15) is 0 Å². The molecule has 0 N–H and O–H groups in total. The van der Waals surface area contributed by atoms with Gasteiger partial charge in [0, 0.05) is 12.2 Å². The summed E-state index contributed by atoms with van der Waals surface area (Å²) in [7, 11) is 0. The Morgan fingerprint density at radius 3 is 2.64 bits per heavy atom. The van der Waals surface area contributed by atoms with Crippen LogP contribution in [-0.4, -0.2) is 11.8 Å². The van der Waals surface area contributed by atoms with E-state index in [1.54, 1.807) is 6.08 Å². The van der Waals surface area contributed by atoms with E-state index in [0.29, 0.717) is 13.2 Å². The number of thiocarbonyl (C=S) groups is 1. The van der Waals surface area contributed by atoms with Crippen LogP contribution in [0, 0.1) is 0 Å². The van der Waals surface area contributed by atoms with Crippen molar-refractivity contribution in [2.24, 2.45) is 0 Å². The number of rotatable bonds is 4. The fourth-order valence-electron chi connectivity index (χ4n) is 0.885. The van der Waals surface area contributed by atoms with Crippen molar-refractivity contribution < 1.29 is 9.47 Å². The van der Waals surface area contributed by atoms with E-state index in [9.17, 15) is 0 Å². The minimum absolute atomic E-state index is 0.161. The topological polar surface area (TPSA) is 18.5 Å². The molecule has 0 atom stereocenters. The first-order chi connectivity index (χ1) is 6.83. The van der Waals surface area contributed by atoms with Gasteiger partial charge in [0.05, 0.1) is 0 Å². The van der Waals surface area contributed by atoms with Gasteiger partial charge in [0.1, 0.15) is 13.2 Å². The van der Waals surface area contributed by atoms with E-state index in [2.05, 4.69) is 6.58 Å². The summed E-state index contributed by atoms with van der Waals surface area (Å²) in [4.78, 5) is 0. The van der Waals surface area contributed by atoms with Gasteiger partial charge in [-0.05, 0) is 5.56 Å². The van der Waals surface area contributed by atoms with Crippen LogP contribution in [0.25, 0.3) is 0 Å². The molecular formula is C11H12O2S. The zero-order chi connectivity index (χ0) is 10.2. The van der Waals surface area contributed by atoms with Crippen molar-refractivity contribution in [3.63, 3.8) is 0 Å². The maximum absolute atomic E-state index is 5.19. The second kappa shape index (κ2) is 6.16. The smallest absolute Gasteiger partial charge is 0.352 e. The van der Waals surface area contributed by atoms with E-state index in [1.807, 2.05) is 30.3 Å². The Morgan fingerprint density at radius 2 is 2.00 bits per heavy atom. The normalized spacial score (nSPS) is 9.14. The van der Waals surface area contributed by atoms with Crippen LogP contribution >= 0.6 is 12.2 Å². The molecule has 0 aliphatic rings. The molecule has 1 rings (SSSR count). The summed E-state index contributed by atoms with van der Waals surface area (Å²) in [5.41, 5.74) is 1.07. The molecule has 0 heterocycles. The molecule has 74 valence electrons. The van der Waals surface area contributed by atoms with Crippen molar-refractivity contribution in [1.29, 1.82) is 0 Å². The van der Waals surface area contributed by atoms with Gasteiger partial charge < -0.3 is 9.47 Å². The summed E-state index contributed by atoms with van der Waals surface area (Å²) >= 11 is 4.83. The molecule has 2 nitrogen and oxygen atoms in total. The molecule has 0 aliphatic carbocycles. The van der Waals surface area contributed by atoms with Gasteiger partial charge in [0.15, 0.2) is 0 Å². The van der Waals surface area contributed by atoms with E-state index in [1.165, 1.54) is 0 Å². The van der Waals surface area contributed by atoms with Crippen LogP contribution < -0.4 is 0 Å². The van der Waals surface area contributed by atoms with Crippen LogP contribution in [0.15, 0.2) is 43.0 Å². The first kappa shape index (κ1) is 10.7. The van der Waals surface area contributed by atoms with Crippen LogP contribution in [0.2, 0.25) is 0 Å². The maximum Gasteiger partial charge on any atom is 0.352 e. The first-order valence-electron chi connectivity index (χ1n) is 4.27. The van der Waals surface area contributed by atoms with Crippen LogP contribution in [0.3, 0.4) is 0 Å². The quantitative estimate of drug-likeness (QED) is 0.560. The Bertz CT molecular complexity index is 295. The summed E-state index contributed by atoms with van der Waals surface area (Å²) in [5.74, 6) is 0. The van der Waals surface area contributed by atoms with Gasteiger partial charge >= 0.3 is 5.24 Å². The van der Waals surface area contributed by atoms with Gasteiger partial charge in [-0.1, -0.05) is 43.0 Å². The third-order valence-corrected chi connectivity index (χ3v) is 1.75. The van der Waals surface area contributed by atoms with Crippen molar-refractivity contribution in [3.05, 3.63) is 48.6 Å². The molecule has 0 aromatic heterocycles. The molecule has 0 fully saturated rings. The molecule has 0 unspecified atom stereocenters. The predicted molar refractivity (Wildman–Crippen MR) is 60.0 cm³/mol. The van der Waals surface area contributed by atoms with Crippen LogP contribution in [-0.2, 0) is 16.1 Å². The van der Waals surface area contributed by atoms with E-state index < -0.39 is 0 Å². The highest BCUT2D eigenvalue weighted by molar-refractivity contribution is 7.79. The van der Waals surface area contributed by atoms with Crippen LogP contribution in [0.1, 0.15) is 5.56 Å². The van der Waals surface area contributed by atoms with E-state index in [0.717, 1.165) is 5.56 Å². The minimum atomic E-state index is 0.161. The van der Waals surface area contributed by atoms with Gasteiger partial charge in [-0.3, -0.25) is 0 Å². The average molecular weight is 208 g/mol. The Kier molecular flexibility index (Phi) is 4.72. The highest BCUT2D eigenvalue weighted by Gasteiger charge is 1.97. The average Bonchev–Trinajstić information content (AvgIpc) is 2.25. The summed E-state index contributed by atoms with van der Waals surface area (Å²) in [6.45, 7) is 4.33. The lowest BCUT2D eigenvalue weighted by molar-refractivity contribution is 0.185. The third-order valence-electron chi connectivity index (χ3n) is 1.52. The number of ether oxygens (including phenoxy) is 2. The minimum Gasteiger partial charge on any atom is -0.453 e. The fourth-order valence-corrected chi connectivity index (χ4v) is 1.01. The van der Waals surface area contributed by atoms with Crippen LogP contribution in [0.4, 0.5) is 0 Å². The number of hydrogen-bond acceptors (Lipinski definition) is 3. The molecular weight excluding hydrogens is 196 g/mol. The van der Waals surface area contributed by atoms with Crippen molar-refractivity contribution in [2.45, 2.75) is 6.61 Å². The highest BCUT2D eigenvalue weighted by atomic mass is 32.1. The molecule has 3 heteroatoms. The molecule has 14 heavy (non-hydrogen) atoms. The standard InChI is InChI=1S/C11H12O2S/c1-2-8-12-11(14)13-9-10-6-4-3-5-7-10/h2-7H,1,8-9H2. The second-order valence-electron chi connectivity index (χ2n) is 2.62. The Balaban J connectivity index is 2.27. The first-order valence-corrected chi connectivity index (χ1v) is 4.68. The Hall–Kier alpha value is -1.35. The molecule has 0 saturated carbocycles. The highest BCUT2D eigenvalue weighted by Crippen LogP contribution is 2.01. The summed E-state index contributed by atoms with van der Waals surface area (Å²) in [5, 5.41) is 0.161. The van der Waals surface area contributed by atoms with Crippen molar-refractivity contribution in [2.75, 3.05) is 6.61 Å². The lowest BCUT2D eigenvalue weighted by Crippen LogP contribution is -2.06. The van der Waals surface area contributed by atoms with E-state index >= 15 is 0 Å². The van der Waals surface area contributed by atoms with Gasteiger partial charge in [0.2, 0.25) is 0 Å². The SMILES string of the molecule is C=CCOC(=S)OCc1ccccc1. The van der Waals surface area contributed by atoms with E-state index in [-0.39, 0.29) is 5.24 Å². The zero-order valence-corrected chi connectivity index (χ0v) is 8.63. The lowest BCUT2D eigenvalue weighted by Gasteiger charge is -2.06. The number of hydrogen-bond donors (Lipinski definition) is 0. The largest absolute Gasteiger partial charge is 0.453 e. The fraction of sp³-hybridized carbons (Fsp3) is 0.182. The molecule has 0 aliphatic heterocycles. The molecule has 0 radical (unpaired) electrons. The predicted octanol–water partition coefficient (Wildman–Crippen LogP) is 2.69. The lowest BCUT2D eigenvalue weighted by atomic mass is 10.2. The second-order valence-corrected chi connectivity index (χ2v) is 2.96. The molecule has 0 amide bonds. The molecule has 0 spiro atoms. The number of benzene rings is 1. The molecule has 1 aromatic rings. The third kappa shape index (κ3) is 4.05. The van der Waals surface area contributed by atoms with Crippen LogP contribution in [0.5, 0.6) is 0 Å². The Labute approximate surface area is 89.2 Å². The summed E-state index contributed by atoms with van der Waals surface area (Å²) in [6, 6.07) is 9.79. The van der Waals surface area contributed by atoms with Gasteiger partial charge in [-0.15, -0.1) is 0 Å². The summed E-state index contributed by atoms with van der Waals surface area (Å²) in [6.07, 6.45) is 1.62. The van der Waals surface area contributed by atoms with Crippen molar-refractivity contribution >= 4 is 17.5 Å². The maximum atomic E-state index is 5.19. The molecule has 1 aromatic carbocycles. The monoisotopic (exact) mass is 208 g/mol. The summed E-state index contributed by atoms with van der Waals surface area (Å²) < 4.78 is 10.2. The van der Waals surface area contributed by atoms with Gasteiger partial charge in [0.25, 0.3) is 0 Å². The Morgan fingerprint density at radius 1 is 1.29 bits per heavy atom.